The molecule has 1 aliphatic heterocycles. The van der Waals surface area contributed by atoms with E-state index in [-0.39, 0.29) is 17.9 Å². The summed E-state index contributed by atoms with van der Waals surface area (Å²) in [6.07, 6.45) is 0. The average molecular weight is 447 g/mol. The maximum Gasteiger partial charge on any atom is 0.262 e. The largest absolute Gasteiger partial charge is 0.483 e. The van der Waals surface area contributed by atoms with E-state index in [2.05, 4.69) is 46.9 Å². The summed E-state index contributed by atoms with van der Waals surface area (Å²) >= 11 is 3.50. The monoisotopic (exact) mass is 446 g/mol. The van der Waals surface area contributed by atoms with Crippen molar-refractivity contribution in [1.29, 1.82) is 0 Å². The molecular weight excluding hydrogens is 420 g/mol. The molecule has 1 heterocycles. The lowest BCUT2D eigenvalue weighted by Gasteiger charge is -2.28. The van der Waals surface area contributed by atoms with Crippen LogP contribution < -0.4 is 15.0 Å². The van der Waals surface area contributed by atoms with Crippen molar-refractivity contribution < 1.29 is 14.3 Å². The highest BCUT2D eigenvalue weighted by Gasteiger charge is 2.20. The van der Waals surface area contributed by atoms with Crippen LogP contribution in [0.2, 0.25) is 0 Å². The van der Waals surface area contributed by atoms with E-state index in [1.807, 2.05) is 42.5 Å². The molecule has 28 heavy (non-hydrogen) atoms. The van der Waals surface area contributed by atoms with Gasteiger partial charge in [0, 0.05) is 34.5 Å². The highest BCUT2D eigenvalue weighted by Crippen LogP contribution is 2.33. The van der Waals surface area contributed by atoms with E-state index in [4.69, 9.17) is 9.47 Å². The minimum atomic E-state index is -0.179. The highest BCUT2D eigenvalue weighted by atomic mass is 79.9. The lowest BCUT2D eigenvalue weighted by molar-refractivity contribution is -0.118. The molecule has 1 N–H and O–H groups in total. The van der Waals surface area contributed by atoms with Gasteiger partial charge in [-0.3, -0.25) is 4.79 Å². The first-order valence-electron chi connectivity index (χ1n) is 9.48. The van der Waals surface area contributed by atoms with Crippen molar-refractivity contribution in [3.63, 3.8) is 0 Å². The van der Waals surface area contributed by atoms with Crippen LogP contribution in [0.15, 0.2) is 46.9 Å². The smallest absolute Gasteiger partial charge is 0.262 e. The summed E-state index contributed by atoms with van der Waals surface area (Å²) in [5.74, 6) is 0.551. The number of hydrogen-bond donors (Lipinski definition) is 1. The molecule has 1 saturated heterocycles. The molecule has 1 fully saturated rings. The van der Waals surface area contributed by atoms with Crippen LogP contribution in [0.4, 0.5) is 11.4 Å². The normalized spacial score (nSPS) is 14.6. The summed E-state index contributed by atoms with van der Waals surface area (Å²) in [6, 6.07) is 13.7. The zero-order valence-electron chi connectivity index (χ0n) is 16.6. The third kappa shape index (κ3) is 5.49. The van der Waals surface area contributed by atoms with Crippen LogP contribution >= 0.6 is 15.9 Å². The van der Waals surface area contributed by atoms with Gasteiger partial charge in [0.1, 0.15) is 5.75 Å². The number of nitrogens with one attached hydrogen (secondary N) is 1. The van der Waals surface area contributed by atoms with Crippen LogP contribution in [0.5, 0.6) is 5.75 Å². The van der Waals surface area contributed by atoms with Crippen molar-refractivity contribution in [2.24, 2.45) is 0 Å². The van der Waals surface area contributed by atoms with Crippen molar-refractivity contribution in [2.45, 2.75) is 26.2 Å². The van der Waals surface area contributed by atoms with Gasteiger partial charge < -0.3 is 19.7 Å². The molecule has 2 aromatic rings. The summed E-state index contributed by atoms with van der Waals surface area (Å²) in [5, 5.41) is 2.90. The molecule has 150 valence electrons. The third-order valence-corrected chi connectivity index (χ3v) is 5.13. The van der Waals surface area contributed by atoms with Gasteiger partial charge in [0.05, 0.1) is 13.2 Å². The Balaban J connectivity index is 1.58. The van der Waals surface area contributed by atoms with Gasteiger partial charge >= 0.3 is 0 Å². The minimum absolute atomic E-state index is 0.0318. The van der Waals surface area contributed by atoms with E-state index in [9.17, 15) is 4.79 Å². The summed E-state index contributed by atoms with van der Waals surface area (Å²) in [4.78, 5) is 14.6. The summed E-state index contributed by atoms with van der Waals surface area (Å²) in [5.41, 5.74) is 2.88. The molecule has 2 aromatic carbocycles. The van der Waals surface area contributed by atoms with E-state index in [1.54, 1.807) is 0 Å². The first-order chi connectivity index (χ1) is 13.3. The number of hydrogen-bond acceptors (Lipinski definition) is 4. The number of ether oxygens (including phenoxy) is 2. The lowest BCUT2D eigenvalue weighted by atomic mass is 9.86. The van der Waals surface area contributed by atoms with Crippen molar-refractivity contribution in [1.82, 2.24) is 0 Å². The molecular formula is C22H27BrN2O3. The number of carbonyl (C=O) groups is 1. The molecule has 0 unspecified atom stereocenters. The van der Waals surface area contributed by atoms with Crippen molar-refractivity contribution in [3.05, 3.63) is 52.5 Å². The molecule has 0 aromatic heterocycles. The number of carbonyl (C=O) groups excluding carboxylic acids is 1. The Labute approximate surface area is 175 Å². The van der Waals surface area contributed by atoms with Crippen molar-refractivity contribution in [2.75, 3.05) is 43.1 Å². The Morgan fingerprint density at radius 2 is 1.82 bits per heavy atom. The number of nitrogens with zero attached hydrogens (tertiary/aromatic N) is 1. The molecule has 6 heteroatoms. The van der Waals surface area contributed by atoms with Crippen molar-refractivity contribution >= 4 is 33.2 Å². The second-order valence-corrected chi connectivity index (χ2v) is 8.79. The Morgan fingerprint density at radius 3 is 2.46 bits per heavy atom. The summed E-state index contributed by atoms with van der Waals surface area (Å²) in [7, 11) is 0. The van der Waals surface area contributed by atoms with Crippen LogP contribution in [0, 0.1) is 0 Å². The zero-order chi connectivity index (χ0) is 20.1. The van der Waals surface area contributed by atoms with E-state index in [0.29, 0.717) is 0 Å². The maximum absolute atomic E-state index is 12.3. The van der Waals surface area contributed by atoms with Gasteiger partial charge in [-0.15, -0.1) is 0 Å². The van der Waals surface area contributed by atoms with Gasteiger partial charge in [0.15, 0.2) is 6.61 Å². The molecule has 0 aliphatic carbocycles. The van der Waals surface area contributed by atoms with Crippen LogP contribution in [-0.2, 0) is 14.9 Å². The number of anilines is 2. The van der Waals surface area contributed by atoms with Crippen molar-refractivity contribution in [3.8, 4) is 5.75 Å². The Hall–Kier alpha value is -2.05. The summed E-state index contributed by atoms with van der Waals surface area (Å²) in [6.45, 7) is 9.62. The SMILES string of the molecule is CC(C)(C)c1cc(Br)ccc1OCC(=O)Nc1ccc(N2CCOCC2)cc1. The molecule has 0 saturated carbocycles. The molecule has 0 radical (unpaired) electrons. The van der Waals surface area contributed by atoms with E-state index in [0.717, 1.165) is 53.5 Å². The molecule has 0 spiro atoms. The number of benzene rings is 2. The molecule has 1 aliphatic rings. The fraction of sp³-hybridized carbons (Fsp3) is 0.409. The van der Waals surface area contributed by atoms with Gasteiger partial charge in [0.25, 0.3) is 5.91 Å². The fourth-order valence-electron chi connectivity index (χ4n) is 3.13. The molecule has 3 rings (SSSR count). The fourth-order valence-corrected chi connectivity index (χ4v) is 3.49. The lowest BCUT2D eigenvalue weighted by Crippen LogP contribution is -2.36. The molecule has 1 amide bonds. The van der Waals surface area contributed by atoms with Gasteiger partial charge in [-0.25, -0.2) is 0 Å². The van der Waals surface area contributed by atoms with Crippen LogP contribution in [0.25, 0.3) is 0 Å². The predicted octanol–water partition coefficient (Wildman–Crippen LogP) is 4.60. The zero-order valence-corrected chi connectivity index (χ0v) is 18.2. The number of amides is 1. The van der Waals surface area contributed by atoms with Gasteiger partial charge in [-0.1, -0.05) is 36.7 Å². The molecule has 0 atom stereocenters. The number of rotatable bonds is 5. The molecule has 5 nitrogen and oxygen atoms in total. The topological polar surface area (TPSA) is 50.8 Å². The average Bonchev–Trinajstić information content (AvgIpc) is 2.67. The quantitative estimate of drug-likeness (QED) is 0.728. The highest BCUT2D eigenvalue weighted by molar-refractivity contribution is 9.10. The Bertz CT molecular complexity index is 810. The Kier molecular flexibility index (Phi) is 6.62. The van der Waals surface area contributed by atoms with E-state index >= 15 is 0 Å². The van der Waals surface area contributed by atoms with Crippen LogP contribution in [0.3, 0.4) is 0 Å². The second-order valence-electron chi connectivity index (χ2n) is 7.87. The summed E-state index contributed by atoms with van der Waals surface area (Å²) < 4.78 is 12.2. The standard InChI is InChI=1S/C22H27BrN2O3/c1-22(2,3)19-14-16(23)4-9-20(19)28-15-21(26)24-17-5-7-18(8-6-17)25-10-12-27-13-11-25/h4-9,14H,10-13,15H2,1-3H3,(H,24,26). The minimum Gasteiger partial charge on any atom is -0.483 e. The Morgan fingerprint density at radius 1 is 1.14 bits per heavy atom. The van der Waals surface area contributed by atoms with Gasteiger partial charge in [0.2, 0.25) is 0 Å². The van der Waals surface area contributed by atoms with E-state index in [1.165, 1.54) is 0 Å². The first-order valence-corrected chi connectivity index (χ1v) is 10.3. The molecule has 0 bridgehead atoms. The third-order valence-electron chi connectivity index (χ3n) is 4.64. The number of halogens is 1. The van der Waals surface area contributed by atoms with Gasteiger partial charge in [-0.05, 0) is 47.9 Å². The van der Waals surface area contributed by atoms with E-state index < -0.39 is 0 Å². The second kappa shape index (κ2) is 8.97. The van der Waals surface area contributed by atoms with Gasteiger partial charge in [-0.2, -0.15) is 0 Å². The van der Waals surface area contributed by atoms with Crippen LogP contribution in [-0.4, -0.2) is 38.8 Å². The first kappa shape index (κ1) is 20.7. The number of morpholine rings is 1. The van der Waals surface area contributed by atoms with Crippen LogP contribution in [0.1, 0.15) is 26.3 Å². The maximum atomic E-state index is 12.3. The predicted molar refractivity (Wildman–Crippen MR) is 116 cm³/mol.